The van der Waals surface area contributed by atoms with Crippen LogP contribution in [0.15, 0.2) is 30.3 Å². The van der Waals surface area contributed by atoms with Crippen molar-refractivity contribution in [3.05, 3.63) is 35.9 Å². The lowest BCUT2D eigenvalue weighted by Crippen LogP contribution is -2.58. The molecule has 0 aromatic heterocycles. The molecule has 0 radical (unpaired) electrons. The molecule has 0 aliphatic carbocycles. The minimum atomic E-state index is -0.174. The molecule has 3 heteroatoms. The molecule has 4 N–H and O–H groups in total. The van der Waals surface area contributed by atoms with Crippen LogP contribution in [0.25, 0.3) is 0 Å². The van der Waals surface area contributed by atoms with E-state index in [1.807, 2.05) is 6.07 Å². The molecule has 1 fully saturated rings. The molecular weight excluding hydrogens is 198 g/mol. The van der Waals surface area contributed by atoms with Gasteiger partial charge in [0.05, 0.1) is 0 Å². The zero-order chi connectivity index (χ0) is 11.4. The third-order valence-corrected chi connectivity index (χ3v) is 3.34. The normalized spacial score (nSPS) is 26.9. The van der Waals surface area contributed by atoms with Crippen LogP contribution in [-0.4, -0.2) is 30.1 Å². The predicted molar refractivity (Wildman–Crippen MR) is 66.9 cm³/mol. The number of hydrogen-bond acceptors (Lipinski definition) is 3. The number of nitrogens with zero attached hydrogens (tertiary/aromatic N) is 1. The molecule has 88 valence electrons. The van der Waals surface area contributed by atoms with Crippen molar-refractivity contribution in [2.45, 2.75) is 24.9 Å². The Morgan fingerprint density at radius 2 is 2.00 bits per heavy atom. The average molecular weight is 219 g/mol. The van der Waals surface area contributed by atoms with Gasteiger partial charge in [0, 0.05) is 25.2 Å². The van der Waals surface area contributed by atoms with Crippen LogP contribution >= 0.6 is 0 Å². The average Bonchev–Trinajstić information content (AvgIpc) is 2.30. The van der Waals surface area contributed by atoms with Crippen molar-refractivity contribution >= 4 is 0 Å². The van der Waals surface area contributed by atoms with Crippen molar-refractivity contribution in [1.29, 1.82) is 0 Å². The van der Waals surface area contributed by atoms with Gasteiger partial charge in [0.25, 0.3) is 0 Å². The molecule has 1 aromatic carbocycles. The highest BCUT2D eigenvalue weighted by atomic mass is 15.2. The summed E-state index contributed by atoms with van der Waals surface area (Å²) in [6.07, 6.45) is 2.20. The summed E-state index contributed by atoms with van der Waals surface area (Å²) in [5, 5.41) is 0. The molecule has 0 amide bonds. The van der Waals surface area contributed by atoms with Crippen LogP contribution in [0.3, 0.4) is 0 Å². The van der Waals surface area contributed by atoms with Crippen molar-refractivity contribution in [1.82, 2.24) is 4.90 Å². The lowest BCUT2D eigenvalue weighted by atomic mass is 9.90. The molecule has 3 nitrogen and oxygen atoms in total. The molecule has 16 heavy (non-hydrogen) atoms. The molecule has 0 saturated carbocycles. The second-order valence-electron chi connectivity index (χ2n) is 4.87. The highest BCUT2D eigenvalue weighted by molar-refractivity contribution is 5.14. The molecule has 1 heterocycles. The van der Waals surface area contributed by atoms with Gasteiger partial charge in [0.2, 0.25) is 0 Å². The van der Waals surface area contributed by atoms with Crippen LogP contribution in [-0.2, 0) is 6.54 Å². The van der Waals surface area contributed by atoms with Crippen LogP contribution in [0.4, 0.5) is 0 Å². The number of benzene rings is 1. The van der Waals surface area contributed by atoms with Crippen LogP contribution in [0.2, 0.25) is 0 Å². The van der Waals surface area contributed by atoms with Crippen molar-refractivity contribution in [3.63, 3.8) is 0 Å². The molecule has 1 aromatic rings. The Morgan fingerprint density at radius 1 is 1.25 bits per heavy atom. The van der Waals surface area contributed by atoms with E-state index in [1.54, 1.807) is 0 Å². The van der Waals surface area contributed by atoms with Gasteiger partial charge >= 0.3 is 0 Å². The van der Waals surface area contributed by atoms with Crippen molar-refractivity contribution < 1.29 is 0 Å². The topological polar surface area (TPSA) is 55.3 Å². The molecule has 1 aliphatic rings. The summed E-state index contributed by atoms with van der Waals surface area (Å²) in [4.78, 5) is 2.41. The van der Waals surface area contributed by atoms with E-state index < -0.39 is 0 Å². The van der Waals surface area contributed by atoms with Crippen LogP contribution in [0.5, 0.6) is 0 Å². The zero-order valence-corrected chi connectivity index (χ0v) is 9.73. The first-order valence-corrected chi connectivity index (χ1v) is 5.97. The first kappa shape index (κ1) is 11.6. The molecule has 1 saturated heterocycles. The maximum atomic E-state index is 6.24. The van der Waals surface area contributed by atoms with Gasteiger partial charge in [-0.2, -0.15) is 0 Å². The van der Waals surface area contributed by atoms with E-state index in [0.717, 1.165) is 32.5 Å². The number of piperidine rings is 1. The summed E-state index contributed by atoms with van der Waals surface area (Å²) in [6.45, 7) is 3.62. The van der Waals surface area contributed by atoms with Crippen LogP contribution in [0, 0.1) is 0 Å². The Labute approximate surface area is 97.4 Å². The monoisotopic (exact) mass is 219 g/mol. The second-order valence-corrected chi connectivity index (χ2v) is 4.87. The van der Waals surface area contributed by atoms with E-state index in [1.165, 1.54) is 5.56 Å². The number of hydrogen-bond donors (Lipinski definition) is 2. The number of nitrogens with two attached hydrogens (primary N) is 2. The van der Waals surface area contributed by atoms with Crippen molar-refractivity contribution in [3.8, 4) is 0 Å². The minimum absolute atomic E-state index is 0.174. The van der Waals surface area contributed by atoms with E-state index >= 15 is 0 Å². The zero-order valence-electron chi connectivity index (χ0n) is 9.73. The van der Waals surface area contributed by atoms with Crippen LogP contribution in [0.1, 0.15) is 18.4 Å². The predicted octanol–water partition coefficient (Wildman–Crippen LogP) is 0.939. The Morgan fingerprint density at radius 3 is 2.69 bits per heavy atom. The maximum absolute atomic E-state index is 6.24. The largest absolute Gasteiger partial charge is 0.329 e. The summed E-state index contributed by atoms with van der Waals surface area (Å²) >= 11 is 0. The minimum Gasteiger partial charge on any atom is -0.329 e. The molecule has 1 unspecified atom stereocenters. The first-order valence-electron chi connectivity index (χ1n) is 5.97. The highest BCUT2D eigenvalue weighted by Crippen LogP contribution is 2.19. The van der Waals surface area contributed by atoms with Crippen molar-refractivity contribution in [2.24, 2.45) is 11.5 Å². The Bertz CT molecular complexity index is 325. The molecule has 0 spiro atoms. The smallest absolute Gasteiger partial charge is 0.0408 e. The van der Waals surface area contributed by atoms with Gasteiger partial charge in [-0.25, -0.2) is 0 Å². The maximum Gasteiger partial charge on any atom is 0.0408 e. The standard InChI is InChI=1S/C13H21N3/c14-10-13(15)7-4-8-16(11-13)9-12-5-2-1-3-6-12/h1-3,5-6H,4,7-11,14-15H2. The summed E-state index contributed by atoms with van der Waals surface area (Å²) in [6, 6.07) is 10.5. The van der Waals surface area contributed by atoms with E-state index in [4.69, 9.17) is 11.5 Å². The van der Waals surface area contributed by atoms with Gasteiger partial charge in [-0.1, -0.05) is 30.3 Å². The van der Waals surface area contributed by atoms with Gasteiger partial charge in [-0.05, 0) is 24.9 Å². The Balaban J connectivity index is 1.96. The van der Waals surface area contributed by atoms with Gasteiger partial charge < -0.3 is 11.5 Å². The fourth-order valence-corrected chi connectivity index (χ4v) is 2.40. The van der Waals surface area contributed by atoms with Crippen molar-refractivity contribution in [2.75, 3.05) is 19.6 Å². The fourth-order valence-electron chi connectivity index (χ4n) is 2.40. The number of rotatable bonds is 3. The van der Waals surface area contributed by atoms with Gasteiger partial charge in [0.15, 0.2) is 0 Å². The van der Waals surface area contributed by atoms with E-state index in [0.29, 0.717) is 6.54 Å². The Hall–Kier alpha value is -0.900. The van der Waals surface area contributed by atoms with Gasteiger partial charge in [-0.3, -0.25) is 4.90 Å². The Kier molecular flexibility index (Phi) is 3.59. The van der Waals surface area contributed by atoms with Gasteiger partial charge in [0.1, 0.15) is 0 Å². The van der Waals surface area contributed by atoms with Gasteiger partial charge in [-0.15, -0.1) is 0 Å². The fraction of sp³-hybridized carbons (Fsp3) is 0.538. The summed E-state index contributed by atoms with van der Waals surface area (Å²) in [7, 11) is 0. The molecule has 2 rings (SSSR count). The molecule has 1 aliphatic heterocycles. The first-order chi connectivity index (χ1) is 7.72. The third kappa shape index (κ3) is 2.82. The van der Waals surface area contributed by atoms with E-state index in [9.17, 15) is 0 Å². The molecule has 1 atom stereocenters. The summed E-state index contributed by atoms with van der Waals surface area (Å²) in [5.74, 6) is 0. The highest BCUT2D eigenvalue weighted by Gasteiger charge is 2.29. The third-order valence-electron chi connectivity index (χ3n) is 3.34. The van der Waals surface area contributed by atoms with Crippen LogP contribution < -0.4 is 11.5 Å². The molecule has 0 bridgehead atoms. The van der Waals surface area contributed by atoms with E-state index in [-0.39, 0.29) is 5.54 Å². The number of likely N-dealkylation sites (tertiary alicyclic amines) is 1. The van der Waals surface area contributed by atoms with E-state index in [2.05, 4.69) is 29.2 Å². The molecular formula is C13H21N3. The summed E-state index contributed by atoms with van der Waals surface area (Å²) < 4.78 is 0. The quantitative estimate of drug-likeness (QED) is 0.795. The summed E-state index contributed by atoms with van der Waals surface area (Å²) in [5.41, 5.74) is 13.2. The SMILES string of the molecule is NCC1(N)CCCN(Cc2ccccc2)C1. The lowest BCUT2D eigenvalue weighted by Gasteiger charge is -2.39. The lowest BCUT2D eigenvalue weighted by molar-refractivity contribution is 0.147. The second kappa shape index (κ2) is 4.95.